The van der Waals surface area contributed by atoms with Crippen LogP contribution in [-0.4, -0.2) is 36.9 Å². The fourth-order valence-electron chi connectivity index (χ4n) is 2.36. The van der Waals surface area contributed by atoms with Crippen molar-refractivity contribution in [2.24, 2.45) is 0 Å². The third-order valence-corrected chi connectivity index (χ3v) is 3.78. The van der Waals surface area contributed by atoms with E-state index in [2.05, 4.69) is 16.0 Å². The van der Waals surface area contributed by atoms with Crippen LogP contribution in [0.1, 0.15) is 17.3 Å². The summed E-state index contributed by atoms with van der Waals surface area (Å²) in [6.07, 6.45) is 0. The Balaban J connectivity index is 2.13. The van der Waals surface area contributed by atoms with E-state index in [4.69, 9.17) is 4.74 Å². The van der Waals surface area contributed by atoms with Gasteiger partial charge < -0.3 is 20.7 Å². The number of methoxy groups -OCH3 is 1. The van der Waals surface area contributed by atoms with E-state index >= 15 is 0 Å². The number of nitro benzene ring substituents is 1. The lowest BCUT2D eigenvalue weighted by molar-refractivity contribution is -0.384. The second-order valence-corrected chi connectivity index (χ2v) is 5.66. The summed E-state index contributed by atoms with van der Waals surface area (Å²) < 4.78 is 5.13. The first-order chi connectivity index (χ1) is 12.8. The molecule has 9 heteroatoms. The summed E-state index contributed by atoms with van der Waals surface area (Å²) in [7, 11) is 2.94. The summed E-state index contributed by atoms with van der Waals surface area (Å²) in [5, 5.41) is 19.1. The number of nitrogens with zero attached hydrogens (tertiary/aromatic N) is 1. The molecule has 0 unspecified atom stereocenters. The Hall–Kier alpha value is -3.62. The Morgan fingerprint density at radius 3 is 2.56 bits per heavy atom. The number of benzene rings is 2. The molecule has 0 fully saturated rings. The number of carbonyl (C=O) groups excluding carboxylic acids is 2. The molecule has 0 saturated carbocycles. The van der Waals surface area contributed by atoms with E-state index in [1.165, 1.54) is 32.4 Å². The lowest BCUT2D eigenvalue weighted by Crippen LogP contribution is -2.32. The predicted molar refractivity (Wildman–Crippen MR) is 101 cm³/mol. The van der Waals surface area contributed by atoms with Crippen LogP contribution in [0.2, 0.25) is 0 Å². The van der Waals surface area contributed by atoms with Crippen LogP contribution in [0.5, 0.6) is 5.75 Å². The first-order valence-corrected chi connectivity index (χ1v) is 8.07. The molecule has 0 radical (unpaired) electrons. The number of ether oxygens (including phenoxy) is 1. The molecule has 9 nitrogen and oxygen atoms in total. The number of nitro groups is 1. The summed E-state index contributed by atoms with van der Waals surface area (Å²) in [6, 6.07) is 9.97. The standard InChI is InChI=1S/C18H20N4O5/c1-11(20-13-6-4-5-12(9-13)18(24)19-2)17(23)21-15-10-14(22(25)26)7-8-16(15)27-3/h4-11,20H,1-3H3,(H,19,24)(H,21,23)/t11-/m0/s1. The molecule has 0 aromatic heterocycles. The van der Waals surface area contributed by atoms with Crippen LogP contribution in [0.4, 0.5) is 17.1 Å². The molecule has 0 saturated heterocycles. The quantitative estimate of drug-likeness (QED) is 0.507. The number of anilines is 2. The van der Waals surface area contributed by atoms with Crippen LogP contribution in [0.25, 0.3) is 0 Å². The fraction of sp³-hybridized carbons (Fsp3) is 0.222. The molecule has 1 atom stereocenters. The predicted octanol–water partition coefficient (Wildman–Crippen LogP) is 2.40. The molecule has 0 spiro atoms. The molecule has 2 rings (SSSR count). The second-order valence-electron chi connectivity index (χ2n) is 5.66. The van der Waals surface area contributed by atoms with Crippen molar-refractivity contribution in [1.82, 2.24) is 5.32 Å². The summed E-state index contributed by atoms with van der Waals surface area (Å²) >= 11 is 0. The zero-order valence-corrected chi connectivity index (χ0v) is 15.1. The van der Waals surface area contributed by atoms with Gasteiger partial charge in [-0.25, -0.2) is 0 Å². The molecular weight excluding hydrogens is 352 g/mol. The number of amides is 2. The Morgan fingerprint density at radius 2 is 1.93 bits per heavy atom. The van der Waals surface area contributed by atoms with E-state index in [1.807, 2.05) is 0 Å². The van der Waals surface area contributed by atoms with Crippen LogP contribution < -0.4 is 20.7 Å². The molecule has 3 N–H and O–H groups in total. The van der Waals surface area contributed by atoms with Gasteiger partial charge in [-0.2, -0.15) is 0 Å². The van der Waals surface area contributed by atoms with Gasteiger partial charge in [0, 0.05) is 30.4 Å². The van der Waals surface area contributed by atoms with Crippen molar-refractivity contribution in [1.29, 1.82) is 0 Å². The van der Waals surface area contributed by atoms with E-state index in [1.54, 1.807) is 31.2 Å². The van der Waals surface area contributed by atoms with Crippen LogP contribution >= 0.6 is 0 Å². The van der Waals surface area contributed by atoms with Crippen molar-refractivity contribution in [2.45, 2.75) is 13.0 Å². The van der Waals surface area contributed by atoms with E-state index in [9.17, 15) is 19.7 Å². The number of carbonyl (C=O) groups is 2. The maximum Gasteiger partial charge on any atom is 0.271 e. The van der Waals surface area contributed by atoms with Gasteiger partial charge in [0.2, 0.25) is 5.91 Å². The second kappa shape index (κ2) is 8.65. The molecule has 2 aromatic carbocycles. The van der Waals surface area contributed by atoms with Gasteiger partial charge in [0.1, 0.15) is 11.8 Å². The first kappa shape index (κ1) is 19.7. The minimum Gasteiger partial charge on any atom is -0.495 e. The van der Waals surface area contributed by atoms with Crippen molar-refractivity contribution in [2.75, 3.05) is 24.8 Å². The highest BCUT2D eigenvalue weighted by atomic mass is 16.6. The maximum atomic E-state index is 12.5. The molecule has 0 bridgehead atoms. The number of rotatable bonds is 7. The van der Waals surface area contributed by atoms with Gasteiger partial charge in [0.05, 0.1) is 17.7 Å². The molecule has 0 aliphatic heterocycles. The van der Waals surface area contributed by atoms with Gasteiger partial charge in [-0.3, -0.25) is 19.7 Å². The normalized spacial score (nSPS) is 11.2. The highest BCUT2D eigenvalue weighted by Crippen LogP contribution is 2.29. The summed E-state index contributed by atoms with van der Waals surface area (Å²) in [4.78, 5) is 34.5. The summed E-state index contributed by atoms with van der Waals surface area (Å²) in [5.74, 6) is -0.348. The SMILES string of the molecule is CNC(=O)c1cccc(N[C@@H](C)C(=O)Nc2cc([N+](=O)[O-])ccc2OC)c1. The van der Waals surface area contributed by atoms with Crippen LogP contribution in [0.15, 0.2) is 42.5 Å². The Kier molecular flexibility index (Phi) is 6.32. The lowest BCUT2D eigenvalue weighted by Gasteiger charge is -2.17. The van der Waals surface area contributed by atoms with Crippen molar-refractivity contribution < 1.29 is 19.2 Å². The molecule has 142 valence electrons. The average Bonchev–Trinajstić information content (AvgIpc) is 2.67. The molecule has 0 aliphatic carbocycles. The fourth-order valence-corrected chi connectivity index (χ4v) is 2.36. The third kappa shape index (κ3) is 4.94. The van der Waals surface area contributed by atoms with Crippen molar-refractivity contribution in [3.8, 4) is 5.75 Å². The lowest BCUT2D eigenvalue weighted by atomic mass is 10.1. The molecule has 0 aliphatic rings. The molecule has 2 amide bonds. The smallest absolute Gasteiger partial charge is 0.271 e. The van der Waals surface area contributed by atoms with Gasteiger partial charge in [0.15, 0.2) is 0 Å². The van der Waals surface area contributed by atoms with E-state index in [0.717, 1.165) is 0 Å². The van der Waals surface area contributed by atoms with Gasteiger partial charge in [-0.05, 0) is 31.2 Å². The van der Waals surface area contributed by atoms with E-state index < -0.39 is 16.9 Å². The highest BCUT2D eigenvalue weighted by Gasteiger charge is 2.18. The molecule has 0 heterocycles. The Morgan fingerprint density at radius 1 is 1.19 bits per heavy atom. The Labute approximate surface area is 155 Å². The van der Waals surface area contributed by atoms with E-state index in [0.29, 0.717) is 17.0 Å². The minimum absolute atomic E-state index is 0.162. The van der Waals surface area contributed by atoms with Crippen LogP contribution in [-0.2, 0) is 4.79 Å². The largest absolute Gasteiger partial charge is 0.495 e. The highest BCUT2D eigenvalue weighted by molar-refractivity contribution is 5.98. The van der Waals surface area contributed by atoms with Crippen molar-refractivity contribution in [3.05, 3.63) is 58.1 Å². The topological polar surface area (TPSA) is 123 Å². The number of hydrogen-bond acceptors (Lipinski definition) is 6. The van der Waals surface area contributed by atoms with Gasteiger partial charge in [-0.1, -0.05) is 6.07 Å². The summed E-state index contributed by atoms with van der Waals surface area (Å²) in [5.41, 5.74) is 1.08. The molecule has 2 aromatic rings. The number of hydrogen-bond donors (Lipinski definition) is 3. The van der Waals surface area contributed by atoms with Gasteiger partial charge in [0.25, 0.3) is 11.6 Å². The molecular formula is C18H20N4O5. The van der Waals surface area contributed by atoms with Crippen molar-refractivity contribution in [3.63, 3.8) is 0 Å². The van der Waals surface area contributed by atoms with Crippen LogP contribution in [0, 0.1) is 10.1 Å². The van der Waals surface area contributed by atoms with Crippen molar-refractivity contribution >= 4 is 28.9 Å². The minimum atomic E-state index is -0.672. The first-order valence-electron chi connectivity index (χ1n) is 8.07. The Bertz CT molecular complexity index is 869. The van der Waals surface area contributed by atoms with E-state index in [-0.39, 0.29) is 17.3 Å². The van der Waals surface area contributed by atoms with Gasteiger partial charge >= 0.3 is 0 Å². The zero-order valence-electron chi connectivity index (χ0n) is 15.1. The van der Waals surface area contributed by atoms with Crippen LogP contribution in [0.3, 0.4) is 0 Å². The number of nitrogens with one attached hydrogen (secondary N) is 3. The third-order valence-electron chi connectivity index (χ3n) is 3.78. The van der Waals surface area contributed by atoms with Gasteiger partial charge in [-0.15, -0.1) is 0 Å². The molecule has 27 heavy (non-hydrogen) atoms. The monoisotopic (exact) mass is 372 g/mol. The maximum absolute atomic E-state index is 12.5. The average molecular weight is 372 g/mol. The summed E-state index contributed by atoms with van der Waals surface area (Å²) in [6.45, 7) is 1.63. The number of non-ortho nitro benzene ring substituents is 1. The zero-order chi connectivity index (χ0) is 20.0.